The Kier molecular flexibility index (Phi) is 41.0. The third-order valence-corrected chi connectivity index (χ3v) is 9.04. The van der Waals surface area contributed by atoms with Crippen molar-refractivity contribution in [2.75, 3.05) is 19.8 Å². The van der Waals surface area contributed by atoms with Crippen molar-refractivity contribution < 1.29 is 23.8 Å². The zero-order valence-corrected chi connectivity index (χ0v) is 34.3. The minimum absolute atomic E-state index is 0.0705. The van der Waals surface area contributed by atoms with Gasteiger partial charge in [0.05, 0.1) is 6.61 Å². The summed E-state index contributed by atoms with van der Waals surface area (Å²) in [7, 11) is 0. The van der Waals surface area contributed by atoms with Gasteiger partial charge < -0.3 is 14.2 Å². The Labute approximate surface area is 322 Å². The fourth-order valence-electron chi connectivity index (χ4n) is 5.79. The van der Waals surface area contributed by atoms with Crippen LogP contribution in [0.1, 0.15) is 201 Å². The van der Waals surface area contributed by atoms with Gasteiger partial charge in [-0.1, -0.05) is 165 Å². The number of esters is 2. The molecule has 1 unspecified atom stereocenters. The first-order valence-electron chi connectivity index (χ1n) is 21.8. The van der Waals surface area contributed by atoms with Crippen LogP contribution >= 0.6 is 0 Å². The number of carbonyl (C=O) groups is 2. The molecule has 0 aliphatic rings. The Morgan fingerprint density at radius 3 is 1.42 bits per heavy atom. The van der Waals surface area contributed by atoms with Crippen molar-refractivity contribution in [1.82, 2.24) is 0 Å². The lowest BCUT2D eigenvalue weighted by molar-refractivity contribution is -0.163. The first-order valence-corrected chi connectivity index (χ1v) is 21.8. The predicted molar refractivity (Wildman–Crippen MR) is 224 cm³/mol. The van der Waals surface area contributed by atoms with Crippen LogP contribution < -0.4 is 0 Å². The normalized spacial score (nSPS) is 12.8. The van der Waals surface area contributed by atoms with Gasteiger partial charge in [-0.2, -0.15) is 0 Å². The Hall–Kier alpha value is -2.40. The second-order valence-corrected chi connectivity index (χ2v) is 14.2. The van der Waals surface area contributed by atoms with Crippen molar-refractivity contribution in [2.45, 2.75) is 207 Å². The summed E-state index contributed by atoms with van der Waals surface area (Å²) in [5.74, 6) is -0.437. The van der Waals surface area contributed by atoms with Gasteiger partial charge in [0.25, 0.3) is 0 Å². The maximum absolute atomic E-state index is 12.5. The van der Waals surface area contributed by atoms with Crippen LogP contribution in [0.15, 0.2) is 60.8 Å². The third kappa shape index (κ3) is 40.4. The molecule has 5 heteroatoms. The van der Waals surface area contributed by atoms with Crippen molar-refractivity contribution >= 4 is 11.9 Å². The molecule has 0 aliphatic carbocycles. The van der Waals surface area contributed by atoms with E-state index in [1.807, 2.05) is 0 Å². The minimum atomic E-state index is -0.543. The Bertz CT molecular complexity index is 915. The highest BCUT2D eigenvalue weighted by molar-refractivity contribution is 5.70. The summed E-state index contributed by atoms with van der Waals surface area (Å²) in [5, 5.41) is 0. The quantitative estimate of drug-likeness (QED) is 0.0358. The van der Waals surface area contributed by atoms with E-state index in [1.165, 1.54) is 83.5 Å². The Morgan fingerprint density at radius 2 is 0.865 bits per heavy atom. The van der Waals surface area contributed by atoms with Crippen molar-refractivity contribution in [1.29, 1.82) is 0 Å². The van der Waals surface area contributed by atoms with E-state index in [1.54, 1.807) is 0 Å². The lowest BCUT2D eigenvalue weighted by Crippen LogP contribution is -2.30. The zero-order chi connectivity index (χ0) is 37.8. The smallest absolute Gasteiger partial charge is 0.306 e. The molecule has 0 aromatic heterocycles. The molecule has 52 heavy (non-hydrogen) atoms. The topological polar surface area (TPSA) is 61.8 Å². The van der Waals surface area contributed by atoms with Crippen LogP contribution in [0.3, 0.4) is 0 Å². The molecule has 0 fully saturated rings. The summed E-state index contributed by atoms with van der Waals surface area (Å²) >= 11 is 0. The van der Waals surface area contributed by atoms with Crippen LogP contribution in [0.4, 0.5) is 0 Å². The van der Waals surface area contributed by atoms with E-state index >= 15 is 0 Å². The van der Waals surface area contributed by atoms with Gasteiger partial charge in [-0.15, -0.1) is 0 Å². The van der Waals surface area contributed by atoms with Crippen LogP contribution in [0.25, 0.3) is 0 Å². The molecule has 0 amide bonds. The van der Waals surface area contributed by atoms with Gasteiger partial charge in [0.15, 0.2) is 6.10 Å². The minimum Gasteiger partial charge on any atom is -0.462 e. The molecule has 0 radical (unpaired) electrons. The van der Waals surface area contributed by atoms with Crippen LogP contribution in [0, 0.1) is 0 Å². The Balaban J connectivity index is 4.12. The molecule has 0 saturated carbocycles. The van der Waals surface area contributed by atoms with E-state index in [9.17, 15) is 9.59 Å². The first-order chi connectivity index (χ1) is 25.6. The average Bonchev–Trinajstić information content (AvgIpc) is 3.14. The van der Waals surface area contributed by atoms with Gasteiger partial charge in [-0.05, 0) is 83.5 Å². The van der Waals surface area contributed by atoms with Crippen molar-refractivity contribution in [3.05, 3.63) is 60.8 Å². The maximum Gasteiger partial charge on any atom is 0.306 e. The molecule has 0 spiro atoms. The van der Waals surface area contributed by atoms with E-state index in [4.69, 9.17) is 14.2 Å². The van der Waals surface area contributed by atoms with Gasteiger partial charge in [0, 0.05) is 19.4 Å². The second-order valence-electron chi connectivity index (χ2n) is 14.2. The molecule has 0 bridgehead atoms. The molecular formula is C47H82O5. The highest BCUT2D eigenvalue weighted by atomic mass is 16.6. The van der Waals surface area contributed by atoms with Crippen molar-refractivity contribution in [3.63, 3.8) is 0 Å². The van der Waals surface area contributed by atoms with E-state index < -0.39 is 6.10 Å². The van der Waals surface area contributed by atoms with Gasteiger partial charge in [0.2, 0.25) is 0 Å². The summed E-state index contributed by atoms with van der Waals surface area (Å²) in [6.45, 7) is 7.57. The largest absolute Gasteiger partial charge is 0.462 e. The molecule has 0 aromatic rings. The number of hydrogen-bond donors (Lipinski definition) is 0. The molecule has 0 saturated heterocycles. The fourth-order valence-corrected chi connectivity index (χ4v) is 5.79. The third-order valence-electron chi connectivity index (χ3n) is 9.04. The lowest BCUT2D eigenvalue weighted by atomic mass is 10.1. The van der Waals surface area contributed by atoms with Crippen LogP contribution in [0.5, 0.6) is 0 Å². The maximum atomic E-state index is 12.5. The van der Waals surface area contributed by atoms with Crippen molar-refractivity contribution in [2.24, 2.45) is 0 Å². The standard InChI is InChI=1S/C47H82O5/c1-4-7-10-13-15-17-19-21-23-25-27-29-31-33-36-39-42-50-43-45(52-47(49)41-38-34-12-9-6-3)44-51-46(48)40-37-35-32-30-28-26-24-22-20-18-16-14-11-8-5-2/h8,11,15-18,21-24,45H,4-7,9-10,12-14,19-20,25-44H2,1-3H3/b11-8-,17-15-,18-16-,23-21-,24-22-. The van der Waals surface area contributed by atoms with Gasteiger partial charge >= 0.3 is 11.9 Å². The summed E-state index contributed by atoms with van der Waals surface area (Å²) < 4.78 is 17.2. The van der Waals surface area contributed by atoms with Crippen LogP contribution in [0.2, 0.25) is 0 Å². The van der Waals surface area contributed by atoms with Gasteiger partial charge in [-0.3, -0.25) is 9.59 Å². The van der Waals surface area contributed by atoms with E-state index in [0.29, 0.717) is 19.4 Å². The molecule has 1 atom stereocenters. The lowest BCUT2D eigenvalue weighted by Gasteiger charge is -2.18. The molecule has 0 aromatic carbocycles. The zero-order valence-electron chi connectivity index (χ0n) is 34.3. The summed E-state index contributed by atoms with van der Waals surface area (Å²) in [4.78, 5) is 25.0. The summed E-state index contributed by atoms with van der Waals surface area (Å²) in [6, 6.07) is 0. The fraction of sp³-hybridized carbons (Fsp3) is 0.745. The number of unbranched alkanes of at least 4 members (excludes halogenated alkanes) is 18. The molecule has 300 valence electrons. The van der Waals surface area contributed by atoms with Gasteiger partial charge in [0.1, 0.15) is 6.61 Å². The highest BCUT2D eigenvalue weighted by Crippen LogP contribution is 2.12. The average molecular weight is 727 g/mol. The molecule has 5 nitrogen and oxygen atoms in total. The number of rotatable bonds is 39. The summed E-state index contributed by atoms with van der Waals surface area (Å²) in [6.07, 6.45) is 52.4. The first kappa shape index (κ1) is 49.6. The Morgan fingerprint density at radius 1 is 0.442 bits per heavy atom. The summed E-state index contributed by atoms with van der Waals surface area (Å²) in [5.41, 5.74) is 0. The molecule has 0 aliphatic heterocycles. The van der Waals surface area contributed by atoms with E-state index in [0.717, 1.165) is 83.5 Å². The van der Waals surface area contributed by atoms with Crippen LogP contribution in [-0.2, 0) is 23.8 Å². The SMILES string of the molecule is CC/C=C\C/C=C\C/C=C\CCCCCCCC(=O)OCC(COCCCCCCCC/C=C\C/C=C\CCCCC)OC(=O)CCCCCCC. The van der Waals surface area contributed by atoms with Crippen molar-refractivity contribution in [3.8, 4) is 0 Å². The highest BCUT2D eigenvalue weighted by Gasteiger charge is 2.17. The number of hydrogen-bond acceptors (Lipinski definition) is 5. The molecule has 0 N–H and O–H groups in total. The monoisotopic (exact) mass is 727 g/mol. The number of ether oxygens (including phenoxy) is 3. The van der Waals surface area contributed by atoms with E-state index in [-0.39, 0.29) is 25.2 Å². The molecule has 0 rings (SSSR count). The van der Waals surface area contributed by atoms with E-state index in [2.05, 4.69) is 81.5 Å². The molecule has 0 heterocycles. The van der Waals surface area contributed by atoms with Gasteiger partial charge in [-0.25, -0.2) is 0 Å². The number of carbonyl (C=O) groups excluding carboxylic acids is 2. The molecular weight excluding hydrogens is 645 g/mol. The number of allylic oxidation sites excluding steroid dienone is 10. The van der Waals surface area contributed by atoms with Crippen LogP contribution in [-0.4, -0.2) is 37.9 Å². The second kappa shape index (κ2) is 43.0. The predicted octanol–water partition coefficient (Wildman–Crippen LogP) is 14.2.